The number of esters is 1. The molecule has 2 aliphatic rings. The predicted molar refractivity (Wildman–Crippen MR) is 92.6 cm³/mol. The minimum atomic E-state index is -1.21. The van der Waals surface area contributed by atoms with Gasteiger partial charge in [-0.15, -0.1) is 0 Å². The van der Waals surface area contributed by atoms with Crippen LogP contribution in [0.25, 0.3) is 0 Å². The Bertz CT molecular complexity index is 862. The summed E-state index contributed by atoms with van der Waals surface area (Å²) in [6, 6.07) is 15.1. The van der Waals surface area contributed by atoms with Crippen LogP contribution in [0.5, 0.6) is 5.75 Å². The van der Waals surface area contributed by atoms with Gasteiger partial charge in [0.2, 0.25) is 5.60 Å². The van der Waals surface area contributed by atoms with Crippen LogP contribution in [-0.4, -0.2) is 25.5 Å². The van der Waals surface area contributed by atoms with Gasteiger partial charge in [0.25, 0.3) is 5.91 Å². The summed E-state index contributed by atoms with van der Waals surface area (Å²) in [6.07, 6.45) is 0.0960. The summed E-state index contributed by atoms with van der Waals surface area (Å²) in [5.74, 6) is -0.247. The molecule has 5 heteroatoms. The van der Waals surface area contributed by atoms with Gasteiger partial charge in [-0.2, -0.15) is 0 Å². The lowest BCUT2D eigenvalue weighted by molar-refractivity contribution is -0.146. The SMILES string of the molecule is CCOC(=O)C[C@H]1c2ccccc2O[C@]12C(=O)N(C)c1ccccc12. The minimum Gasteiger partial charge on any atom is -0.472 e. The molecular formula is C20H19NO4. The number of anilines is 1. The zero-order valence-electron chi connectivity index (χ0n) is 14.2. The standard InChI is InChI=1S/C20H19NO4/c1-3-24-18(22)12-15-13-8-4-7-11-17(13)25-20(15)14-9-5-6-10-16(14)21(2)19(20)23/h4-11,15H,3,12H2,1-2H3/t15-,20-/m0/s1. The lowest BCUT2D eigenvalue weighted by Crippen LogP contribution is -2.45. The van der Waals surface area contributed by atoms with Crippen molar-refractivity contribution in [2.24, 2.45) is 0 Å². The summed E-state index contributed by atoms with van der Waals surface area (Å²) in [6.45, 7) is 2.09. The average Bonchev–Trinajstić information content (AvgIpc) is 3.05. The summed E-state index contributed by atoms with van der Waals surface area (Å²) in [4.78, 5) is 27.1. The number of rotatable bonds is 3. The van der Waals surface area contributed by atoms with Gasteiger partial charge in [-0.25, -0.2) is 0 Å². The van der Waals surface area contributed by atoms with E-state index in [1.54, 1.807) is 18.9 Å². The second-order valence-corrected chi connectivity index (χ2v) is 6.32. The molecule has 2 heterocycles. The molecule has 1 amide bonds. The Morgan fingerprint density at radius 1 is 1.20 bits per heavy atom. The van der Waals surface area contributed by atoms with Gasteiger partial charge in [-0.1, -0.05) is 36.4 Å². The maximum absolute atomic E-state index is 13.3. The Morgan fingerprint density at radius 2 is 1.92 bits per heavy atom. The predicted octanol–water partition coefficient (Wildman–Crippen LogP) is 2.99. The second kappa shape index (κ2) is 5.62. The van der Waals surface area contributed by atoms with Crippen molar-refractivity contribution in [2.75, 3.05) is 18.6 Å². The molecule has 0 saturated carbocycles. The van der Waals surface area contributed by atoms with Gasteiger partial charge in [0.05, 0.1) is 24.6 Å². The van der Waals surface area contributed by atoms with Crippen molar-refractivity contribution in [2.45, 2.75) is 24.9 Å². The van der Waals surface area contributed by atoms with Crippen LogP contribution >= 0.6 is 0 Å². The number of carbonyl (C=O) groups is 2. The molecule has 4 rings (SSSR count). The van der Waals surface area contributed by atoms with E-state index in [2.05, 4.69) is 0 Å². The average molecular weight is 337 g/mol. The lowest BCUT2D eigenvalue weighted by atomic mass is 9.78. The van der Waals surface area contributed by atoms with E-state index in [1.807, 2.05) is 48.5 Å². The van der Waals surface area contributed by atoms with Crippen LogP contribution in [0.3, 0.4) is 0 Å². The molecule has 1 spiro atoms. The highest BCUT2D eigenvalue weighted by molar-refractivity contribution is 6.08. The fraction of sp³-hybridized carbons (Fsp3) is 0.300. The molecule has 0 unspecified atom stereocenters. The molecule has 2 aliphatic heterocycles. The van der Waals surface area contributed by atoms with Crippen molar-refractivity contribution in [1.29, 1.82) is 0 Å². The van der Waals surface area contributed by atoms with E-state index in [4.69, 9.17) is 9.47 Å². The monoisotopic (exact) mass is 337 g/mol. The van der Waals surface area contributed by atoms with Crippen LogP contribution in [0.1, 0.15) is 30.4 Å². The van der Waals surface area contributed by atoms with Crippen LogP contribution < -0.4 is 9.64 Å². The lowest BCUT2D eigenvalue weighted by Gasteiger charge is -2.29. The molecule has 2 aromatic carbocycles. The number of para-hydroxylation sites is 2. The van der Waals surface area contributed by atoms with Crippen molar-refractivity contribution in [3.8, 4) is 5.75 Å². The first-order chi connectivity index (χ1) is 12.1. The number of likely N-dealkylation sites (N-methyl/N-ethyl adjacent to an activating group) is 1. The van der Waals surface area contributed by atoms with Gasteiger partial charge in [-0.05, 0) is 19.1 Å². The van der Waals surface area contributed by atoms with Crippen LogP contribution in [-0.2, 0) is 19.9 Å². The molecule has 128 valence electrons. The van der Waals surface area contributed by atoms with Crippen LogP contribution in [0.15, 0.2) is 48.5 Å². The normalized spacial score (nSPS) is 23.4. The summed E-state index contributed by atoms with van der Waals surface area (Å²) in [7, 11) is 1.74. The fourth-order valence-electron chi connectivity index (χ4n) is 3.95. The fourth-order valence-corrected chi connectivity index (χ4v) is 3.95. The number of nitrogens with zero attached hydrogens (tertiary/aromatic N) is 1. The number of fused-ring (bicyclic) bond motifs is 3. The first-order valence-corrected chi connectivity index (χ1v) is 8.40. The van der Waals surface area contributed by atoms with Gasteiger partial charge in [0.15, 0.2) is 0 Å². The van der Waals surface area contributed by atoms with E-state index in [0.29, 0.717) is 12.4 Å². The summed E-state index contributed by atoms with van der Waals surface area (Å²) in [5.41, 5.74) is 1.28. The third-order valence-corrected chi connectivity index (χ3v) is 5.02. The molecule has 25 heavy (non-hydrogen) atoms. The van der Waals surface area contributed by atoms with E-state index in [1.165, 1.54) is 0 Å². The van der Waals surface area contributed by atoms with Gasteiger partial charge in [0.1, 0.15) is 5.75 Å². The highest BCUT2D eigenvalue weighted by Crippen LogP contribution is 2.57. The summed E-state index contributed by atoms with van der Waals surface area (Å²) >= 11 is 0. The van der Waals surface area contributed by atoms with Crippen molar-refractivity contribution >= 4 is 17.6 Å². The van der Waals surface area contributed by atoms with E-state index in [0.717, 1.165) is 16.8 Å². The highest BCUT2D eigenvalue weighted by atomic mass is 16.5. The quantitative estimate of drug-likeness (QED) is 0.808. The van der Waals surface area contributed by atoms with Gasteiger partial charge >= 0.3 is 5.97 Å². The maximum Gasteiger partial charge on any atom is 0.306 e. The zero-order chi connectivity index (χ0) is 17.6. The second-order valence-electron chi connectivity index (χ2n) is 6.32. The van der Waals surface area contributed by atoms with Crippen molar-refractivity contribution in [3.05, 3.63) is 59.7 Å². The molecule has 0 fully saturated rings. The number of carbonyl (C=O) groups excluding carboxylic acids is 2. The molecule has 5 nitrogen and oxygen atoms in total. The maximum atomic E-state index is 13.3. The summed E-state index contributed by atoms with van der Waals surface area (Å²) < 4.78 is 11.4. The van der Waals surface area contributed by atoms with Crippen molar-refractivity contribution in [1.82, 2.24) is 0 Å². The molecule has 0 aliphatic carbocycles. The number of hydrogen-bond acceptors (Lipinski definition) is 4. The summed E-state index contributed by atoms with van der Waals surface area (Å²) in [5, 5.41) is 0. The zero-order valence-corrected chi connectivity index (χ0v) is 14.2. The van der Waals surface area contributed by atoms with Crippen LogP contribution in [0, 0.1) is 0 Å². The Labute approximate surface area is 146 Å². The van der Waals surface area contributed by atoms with Gasteiger partial charge in [0, 0.05) is 18.2 Å². The van der Waals surface area contributed by atoms with Crippen LogP contribution in [0.4, 0.5) is 5.69 Å². The molecule has 2 aromatic rings. The first-order valence-electron chi connectivity index (χ1n) is 8.40. The third-order valence-electron chi connectivity index (χ3n) is 5.02. The molecule has 0 aromatic heterocycles. The number of benzene rings is 2. The van der Waals surface area contributed by atoms with E-state index < -0.39 is 11.5 Å². The Kier molecular flexibility index (Phi) is 3.53. The van der Waals surface area contributed by atoms with Crippen LogP contribution in [0.2, 0.25) is 0 Å². The van der Waals surface area contributed by atoms with E-state index in [-0.39, 0.29) is 18.3 Å². The highest BCUT2D eigenvalue weighted by Gasteiger charge is 2.61. The van der Waals surface area contributed by atoms with Gasteiger partial charge < -0.3 is 14.4 Å². The van der Waals surface area contributed by atoms with Crippen molar-refractivity contribution in [3.63, 3.8) is 0 Å². The first kappa shape index (κ1) is 15.7. The number of ether oxygens (including phenoxy) is 2. The molecular weight excluding hydrogens is 318 g/mol. The third kappa shape index (κ3) is 2.08. The largest absolute Gasteiger partial charge is 0.472 e. The van der Waals surface area contributed by atoms with E-state index in [9.17, 15) is 9.59 Å². The van der Waals surface area contributed by atoms with E-state index >= 15 is 0 Å². The molecule has 0 saturated heterocycles. The Balaban J connectivity index is 1.88. The molecule has 0 radical (unpaired) electrons. The van der Waals surface area contributed by atoms with Crippen molar-refractivity contribution < 1.29 is 19.1 Å². The molecule has 2 atom stereocenters. The molecule has 0 N–H and O–H groups in total. The topological polar surface area (TPSA) is 55.8 Å². The number of hydrogen-bond donors (Lipinski definition) is 0. The van der Waals surface area contributed by atoms with Gasteiger partial charge in [-0.3, -0.25) is 9.59 Å². The minimum absolute atomic E-state index is 0.0960. The Hall–Kier alpha value is -2.82. The smallest absolute Gasteiger partial charge is 0.306 e. The molecule has 0 bridgehead atoms. The Morgan fingerprint density at radius 3 is 2.72 bits per heavy atom. The number of amides is 1.